The van der Waals surface area contributed by atoms with E-state index in [1.54, 1.807) is 36.4 Å². The molecule has 0 unspecified atom stereocenters. The normalized spacial score (nSPS) is 15.4. The molecule has 3 aromatic carbocycles. The highest BCUT2D eigenvalue weighted by Crippen LogP contribution is 2.26. The number of anilines is 2. The lowest BCUT2D eigenvalue weighted by Crippen LogP contribution is -2.36. The molecule has 1 aliphatic rings. The number of hydrogen-bond acceptors (Lipinski definition) is 4. The molecule has 9 heteroatoms. The third-order valence-corrected chi connectivity index (χ3v) is 5.95. The minimum Gasteiger partial charge on any atom is -0.489 e. The minimum absolute atomic E-state index is 0.0897. The first-order valence-corrected chi connectivity index (χ1v) is 10.9. The summed E-state index contributed by atoms with van der Waals surface area (Å²) in [6.45, 7) is 0.570. The van der Waals surface area contributed by atoms with Crippen LogP contribution in [0.25, 0.3) is 0 Å². The summed E-state index contributed by atoms with van der Waals surface area (Å²) in [5.74, 6) is -0.717. The van der Waals surface area contributed by atoms with Gasteiger partial charge in [0.1, 0.15) is 18.2 Å². The average molecular weight is 488 g/mol. The quantitative estimate of drug-likeness (QED) is 0.449. The minimum atomic E-state index is -0.510. The summed E-state index contributed by atoms with van der Waals surface area (Å²) >= 11 is 11.9. The molecular weight excluding hydrogens is 468 g/mol. The van der Waals surface area contributed by atoms with E-state index in [4.69, 9.17) is 27.9 Å². The van der Waals surface area contributed by atoms with Crippen molar-refractivity contribution in [3.63, 3.8) is 0 Å². The molecule has 0 spiro atoms. The fraction of sp³-hybridized carbons (Fsp3) is 0.167. The van der Waals surface area contributed by atoms with Crippen LogP contribution in [-0.2, 0) is 16.2 Å². The van der Waals surface area contributed by atoms with Gasteiger partial charge in [0.2, 0.25) is 11.8 Å². The molecule has 1 aliphatic heterocycles. The molecule has 1 fully saturated rings. The first-order chi connectivity index (χ1) is 15.9. The van der Waals surface area contributed by atoms with Crippen molar-refractivity contribution in [1.82, 2.24) is 5.43 Å². The lowest BCUT2D eigenvalue weighted by molar-refractivity contribution is -0.125. The molecular formula is C24H20Cl2FN3O3. The first kappa shape index (κ1) is 22.9. The summed E-state index contributed by atoms with van der Waals surface area (Å²) in [7, 11) is 0. The number of amides is 2. The zero-order valence-corrected chi connectivity index (χ0v) is 18.9. The summed E-state index contributed by atoms with van der Waals surface area (Å²) in [5, 5.41) is 0.959. The van der Waals surface area contributed by atoms with Crippen LogP contribution in [0.3, 0.4) is 0 Å². The Kier molecular flexibility index (Phi) is 7.01. The Morgan fingerprint density at radius 1 is 1.03 bits per heavy atom. The van der Waals surface area contributed by atoms with Gasteiger partial charge in [0.05, 0.1) is 21.7 Å². The second kappa shape index (κ2) is 10.1. The monoisotopic (exact) mass is 487 g/mol. The van der Waals surface area contributed by atoms with E-state index in [0.717, 1.165) is 5.56 Å². The molecule has 170 valence electrons. The van der Waals surface area contributed by atoms with Crippen molar-refractivity contribution in [2.24, 2.45) is 5.92 Å². The topological polar surface area (TPSA) is 70.7 Å². The predicted molar refractivity (Wildman–Crippen MR) is 126 cm³/mol. The Labute approximate surface area is 200 Å². The van der Waals surface area contributed by atoms with Crippen LogP contribution in [0.4, 0.5) is 15.8 Å². The number of ether oxygens (including phenoxy) is 1. The lowest BCUT2D eigenvalue weighted by atomic mass is 10.1. The van der Waals surface area contributed by atoms with Crippen molar-refractivity contribution >= 4 is 46.4 Å². The smallest absolute Gasteiger partial charge is 0.243 e. The predicted octanol–water partition coefficient (Wildman–Crippen LogP) is 5.21. The van der Waals surface area contributed by atoms with Crippen LogP contribution in [0.2, 0.25) is 10.0 Å². The third kappa shape index (κ3) is 5.74. The molecule has 33 heavy (non-hydrogen) atoms. The van der Waals surface area contributed by atoms with E-state index in [1.165, 1.54) is 29.2 Å². The molecule has 0 aromatic heterocycles. The summed E-state index contributed by atoms with van der Waals surface area (Å²) in [6, 6.07) is 18.0. The maximum Gasteiger partial charge on any atom is 0.243 e. The molecule has 4 rings (SSSR count). The highest BCUT2D eigenvalue weighted by molar-refractivity contribution is 6.42. The van der Waals surface area contributed by atoms with E-state index >= 15 is 0 Å². The van der Waals surface area contributed by atoms with E-state index in [2.05, 4.69) is 10.9 Å². The highest BCUT2D eigenvalue weighted by Gasteiger charge is 2.35. The van der Waals surface area contributed by atoms with E-state index in [-0.39, 0.29) is 30.6 Å². The molecule has 0 saturated carbocycles. The van der Waals surface area contributed by atoms with Gasteiger partial charge in [0.15, 0.2) is 0 Å². The molecule has 0 bridgehead atoms. The fourth-order valence-corrected chi connectivity index (χ4v) is 3.74. The van der Waals surface area contributed by atoms with Gasteiger partial charge in [-0.2, -0.15) is 0 Å². The van der Waals surface area contributed by atoms with Crippen molar-refractivity contribution in [2.75, 3.05) is 16.9 Å². The molecule has 2 amide bonds. The van der Waals surface area contributed by atoms with Gasteiger partial charge >= 0.3 is 0 Å². The van der Waals surface area contributed by atoms with Gasteiger partial charge in [-0.1, -0.05) is 29.3 Å². The molecule has 1 heterocycles. The number of hydrogen-bond donors (Lipinski definition) is 2. The summed E-state index contributed by atoms with van der Waals surface area (Å²) in [6.07, 6.45) is 0.0897. The maximum absolute atomic E-state index is 13.1. The van der Waals surface area contributed by atoms with Crippen LogP contribution in [-0.4, -0.2) is 18.4 Å². The maximum atomic E-state index is 13.1. The molecule has 3 aromatic rings. The third-order valence-electron chi connectivity index (χ3n) is 5.21. The van der Waals surface area contributed by atoms with Crippen molar-refractivity contribution < 1.29 is 18.7 Å². The van der Waals surface area contributed by atoms with Crippen LogP contribution in [0.5, 0.6) is 5.75 Å². The van der Waals surface area contributed by atoms with Crippen molar-refractivity contribution in [3.8, 4) is 5.75 Å². The number of benzene rings is 3. The lowest BCUT2D eigenvalue weighted by Gasteiger charge is -2.17. The van der Waals surface area contributed by atoms with Gasteiger partial charge < -0.3 is 9.64 Å². The second-order valence-corrected chi connectivity index (χ2v) is 8.37. The highest BCUT2D eigenvalue weighted by atomic mass is 35.5. The standard InChI is InChI=1S/C24H20Cl2FN3O3/c25-21-10-1-15(11-22(21)26)14-33-20-8-4-18(5-9-20)28-29-24(32)16-12-23(31)30(13-16)19-6-2-17(27)3-7-19/h1-11,16,28H,12-14H2,(H,29,32)/t16-/m1/s1. The Balaban J connectivity index is 1.26. The average Bonchev–Trinajstić information content (AvgIpc) is 3.21. The van der Waals surface area contributed by atoms with Gasteiger partial charge in [-0.05, 0) is 66.2 Å². The number of carbonyl (C=O) groups is 2. The van der Waals surface area contributed by atoms with Crippen molar-refractivity contribution in [2.45, 2.75) is 13.0 Å². The van der Waals surface area contributed by atoms with Crippen LogP contribution in [0.1, 0.15) is 12.0 Å². The summed E-state index contributed by atoms with van der Waals surface area (Å²) < 4.78 is 18.9. The SMILES string of the molecule is O=C(NNc1ccc(OCc2ccc(Cl)c(Cl)c2)cc1)[C@@H]1CC(=O)N(c2ccc(F)cc2)C1. The van der Waals surface area contributed by atoms with E-state index in [1.807, 2.05) is 6.07 Å². The molecule has 0 radical (unpaired) electrons. The van der Waals surface area contributed by atoms with Gasteiger partial charge in [0, 0.05) is 18.7 Å². The number of nitrogens with one attached hydrogen (secondary N) is 2. The van der Waals surface area contributed by atoms with Gasteiger partial charge in [-0.15, -0.1) is 0 Å². The molecule has 2 N–H and O–H groups in total. The molecule has 1 saturated heterocycles. The van der Waals surface area contributed by atoms with E-state index in [9.17, 15) is 14.0 Å². The van der Waals surface area contributed by atoms with Gasteiger partial charge in [-0.25, -0.2) is 4.39 Å². The van der Waals surface area contributed by atoms with E-state index < -0.39 is 5.92 Å². The zero-order valence-electron chi connectivity index (χ0n) is 17.4. The van der Waals surface area contributed by atoms with Crippen LogP contribution < -0.4 is 20.5 Å². The van der Waals surface area contributed by atoms with Crippen LogP contribution in [0.15, 0.2) is 66.7 Å². The van der Waals surface area contributed by atoms with E-state index in [0.29, 0.717) is 33.8 Å². The first-order valence-electron chi connectivity index (χ1n) is 10.2. The Morgan fingerprint density at radius 2 is 1.76 bits per heavy atom. The van der Waals surface area contributed by atoms with Crippen molar-refractivity contribution in [1.29, 1.82) is 0 Å². The second-order valence-electron chi connectivity index (χ2n) is 7.56. The van der Waals surface area contributed by atoms with Gasteiger partial charge in [0.25, 0.3) is 0 Å². The molecule has 0 aliphatic carbocycles. The number of carbonyl (C=O) groups excluding carboxylic acids is 2. The molecule has 1 atom stereocenters. The number of hydrazine groups is 1. The summed E-state index contributed by atoms with van der Waals surface area (Å²) in [4.78, 5) is 26.3. The molecule has 6 nitrogen and oxygen atoms in total. The Bertz CT molecular complexity index is 1160. The fourth-order valence-electron chi connectivity index (χ4n) is 3.42. The van der Waals surface area contributed by atoms with Crippen LogP contribution >= 0.6 is 23.2 Å². The Hall–Kier alpha value is -3.29. The number of rotatable bonds is 7. The van der Waals surface area contributed by atoms with Gasteiger partial charge in [-0.3, -0.25) is 20.4 Å². The zero-order chi connectivity index (χ0) is 23.4. The largest absolute Gasteiger partial charge is 0.489 e. The number of halogens is 3. The Morgan fingerprint density at radius 3 is 2.45 bits per heavy atom. The van der Waals surface area contributed by atoms with Crippen molar-refractivity contribution in [3.05, 3.63) is 88.2 Å². The van der Waals surface area contributed by atoms with Crippen LogP contribution in [0, 0.1) is 11.7 Å². The number of nitrogens with zero attached hydrogens (tertiary/aromatic N) is 1. The summed E-state index contributed by atoms with van der Waals surface area (Å²) in [5.41, 5.74) is 7.60.